The van der Waals surface area contributed by atoms with Crippen LogP contribution < -0.4 is 0 Å². The normalized spacial score (nSPS) is 15.7. The largest absolute Gasteiger partial charge is 0.469 e. The molecule has 0 radical (unpaired) electrons. The second-order valence-electron chi connectivity index (χ2n) is 5.20. The lowest BCUT2D eigenvalue weighted by atomic mass is 10.0. The van der Waals surface area contributed by atoms with E-state index >= 15 is 0 Å². The summed E-state index contributed by atoms with van der Waals surface area (Å²) in [7, 11) is 1.37. The predicted octanol–water partition coefficient (Wildman–Crippen LogP) is 2.16. The summed E-state index contributed by atoms with van der Waals surface area (Å²) in [6, 6.07) is 3.75. The molecule has 1 aliphatic rings. The molecule has 22 heavy (non-hydrogen) atoms. The molecule has 1 amide bonds. The zero-order valence-electron chi connectivity index (χ0n) is 12.9. The monoisotopic (exact) mass is 300 g/mol. The molecule has 2 rings (SSSR count). The van der Waals surface area contributed by atoms with Crippen molar-refractivity contribution in [3.63, 3.8) is 0 Å². The van der Waals surface area contributed by atoms with E-state index in [1.807, 2.05) is 12.1 Å². The molecular weight excluding hydrogens is 280 g/mol. The molecule has 0 aliphatic carbocycles. The molecular formula is C17H20N2O3. The lowest BCUT2D eigenvalue weighted by molar-refractivity contribution is -0.142. The summed E-state index contributed by atoms with van der Waals surface area (Å²) < 4.78 is 4.73. The molecule has 2 heterocycles. The SMILES string of the molecule is C=CC(=O)N1CCC=C(c2ccc(C(C)C(=O)OC)cn2)C1. The molecule has 1 unspecified atom stereocenters. The number of methoxy groups -OCH3 is 1. The summed E-state index contributed by atoms with van der Waals surface area (Å²) in [5.41, 5.74) is 2.65. The standard InChI is InChI=1S/C17H20N2O3/c1-4-16(20)19-9-5-6-14(11-19)15-8-7-13(10-18-15)12(2)17(21)22-3/h4,6-8,10,12H,1,5,9,11H2,2-3H3. The van der Waals surface area contributed by atoms with Gasteiger partial charge in [0.05, 0.1) is 18.7 Å². The van der Waals surface area contributed by atoms with E-state index in [0.29, 0.717) is 13.1 Å². The van der Waals surface area contributed by atoms with Crippen molar-refractivity contribution >= 4 is 17.4 Å². The summed E-state index contributed by atoms with van der Waals surface area (Å²) in [6.07, 6.45) is 5.92. The number of rotatable bonds is 4. The minimum absolute atomic E-state index is 0.0680. The third-order valence-corrected chi connectivity index (χ3v) is 3.81. The number of pyridine rings is 1. The van der Waals surface area contributed by atoms with Gasteiger partial charge in [-0.2, -0.15) is 0 Å². The van der Waals surface area contributed by atoms with Crippen molar-refractivity contribution in [3.05, 3.63) is 48.3 Å². The first-order valence-electron chi connectivity index (χ1n) is 7.21. The van der Waals surface area contributed by atoms with E-state index in [0.717, 1.165) is 23.3 Å². The summed E-state index contributed by atoms with van der Waals surface area (Å²) >= 11 is 0. The number of hydrogen-bond donors (Lipinski definition) is 0. The molecule has 5 nitrogen and oxygen atoms in total. The first kappa shape index (κ1) is 15.9. The van der Waals surface area contributed by atoms with E-state index < -0.39 is 0 Å². The van der Waals surface area contributed by atoms with Crippen molar-refractivity contribution in [2.75, 3.05) is 20.2 Å². The Morgan fingerprint density at radius 2 is 2.23 bits per heavy atom. The van der Waals surface area contributed by atoms with Crippen LogP contribution in [0.25, 0.3) is 5.57 Å². The van der Waals surface area contributed by atoms with E-state index in [9.17, 15) is 9.59 Å². The Kier molecular flexibility index (Phi) is 5.09. The maximum Gasteiger partial charge on any atom is 0.312 e. The van der Waals surface area contributed by atoms with Crippen LogP contribution in [-0.4, -0.2) is 42.0 Å². The summed E-state index contributed by atoms with van der Waals surface area (Å²) in [5, 5.41) is 0. The Bertz CT molecular complexity index is 605. The molecule has 0 aromatic carbocycles. The van der Waals surface area contributed by atoms with Crippen molar-refractivity contribution < 1.29 is 14.3 Å². The topological polar surface area (TPSA) is 59.5 Å². The Hall–Kier alpha value is -2.43. The number of nitrogens with zero attached hydrogens (tertiary/aromatic N) is 2. The highest BCUT2D eigenvalue weighted by molar-refractivity contribution is 5.88. The van der Waals surface area contributed by atoms with Crippen molar-refractivity contribution in [2.24, 2.45) is 0 Å². The maximum absolute atomic E-state index is 11.7. The number of ether oxygens (including phenoxy) is 1. The van der Waals surface area contributed by atoms with Crippen LogP contribution in [0.2, 0.25) is 0 Å². The van der Waals surface area contributed by atoms with E-state index in [4.69, 9.17) is 4.74 Å². The lowest BCUT2D eigenvalue weighted by Gasteiger charge is -2.26. The van der Waals surface area contributed by atoms with Crippen LogP contribution in [0, 0.1) is 0 Å². The molecule has 1 aromatic rings. The van der Waals surface area contributed by atoms with E-state index in [1.54, 1.807) is 18.0 Å². The summed E-state index contributed by atoms with van der Waals surface area (Å²) in [4.78, 5) is 29.4. The predicted molar refractivity (Wildman–Crippen MR) is 84.0 cm³/mol. The van der Waals surface area contributed by atoms with Crippen LogP contribution >= 0.6 is 0 Å². The number of carbonyl (C=O) groups is 2. The van der Waals surface area contributed by atoms with Crippen LogP contribution in [-0.2, 0) is 14.3 Å². The van der Waals surface area contributed by atoms with E-state index in [2.05, 4.69) is 17.6 Å². The Balaban J connectivity index is 2.13. The van der Waals surface area contributed by atoms with Crippen LogP contribution in [0.4, 0.5) is 0 Å². The van der Waals surface area contributed by atoms with Crippen molar-refractivity contribution in [3.8, 4) is 0 Å². The van der Waals surface area contributed by atoms with Gasteiger partial charge in [0.1, 0.15) is 0 Å². The van der Waals surface area contributed by atoms with Crippen LogP contribution in [0.15, 0.2) is 37.1 Å². The zero-order chi connectivity index (χ0) is 16.1. The molecule has 0 fully saturated rings. The van der Waals surface area contributed by atoms with Gasteiger partial charge in [0, 0.05) is 19.3 Å². The molecule has 0 bridgehead atoms. The lowest BCUT2D eigenvalue weighted by Crippen LogP contribution is -2.34. The van der Waals surface area contributed by atoms with Gasteiger partial charge in [0.15, 0.2) is 0 Å². The summed E-state index contributed by atoms with van der Waals surface area (Å²) in [6.45, 7) is 6.54. The highest BCUT2D eigenvalue weighted by Crippen LogP contribution is 2.22. The molecule has 5 heteroatoms. The third kappa shape index (κ3) is 3.42. The molecule has 0 saturated carbocycles. The first-order chi connectivity index (χ1) is 10.6. The third-order valence-electron chi connectivity index (χ3n) is 3.81. The van der Waals surface area contributed by atoms with Gasteiger partial charge < -0.3 is 9.64 Å². The van der Waals surface area contributed by atoms with Gasteiger partial charge in [0.2, 0.25) is 5.91 Å². The van der Waals surface area contributed by atoms with Gasteiger partial charge in [0.25, 0.3) is 0 Å². The van der Waals surface area contributed by atoms with E-state index in [1.165, 1.54) is 13.2 Å². The second-order valence-corrected chi connectivity index (χ2v) is 5.20. The highest BCUT2D eigenvalue weighted by atomic mass is 16.5. The molecule has 1 atom stereocenters. The fourth-order valence-corrected chi connectivity index (χ4v) is 2.41. The molecule has 1 aliphatic heterocycles. The van der Waals surface area contributed by atoms with Crippen LogP contribution in [0.3, 0.4) is 0 Å². The Morgan fingerprint density at radius 3 is 2.82 bits per heavy atom. The van der Waals surface area contributed by atoms with Gasteiger partial charge in [-0.05, 0) is 36.6 Å². The van der Waals surface area contributed by atoms with Crippen LogP contribution in [0.1, 0.15) is 30.5 Å². The van der Waals surface area contributed by atoms with Gasteiger partial charge in [-0.15, -0.1) is 0 Å². The minimum Gasteiger partial charge on any atom is -0.469 e. The number of aromatic nitrogens is 1. The number of amides is 1. The Labute approximate surface area is 130 Å². The highest BCUT2D eigenvalue weighted by Gasteiger charge is 2.19. The zero-order valence-corrected chi connectivity index (χ0v) is 12.9. The quantitative estimate of drug-likeness (QED) is 0.631. The van der Waals surface area contributed by atoms with Gasteiger partial charge in [-0.25, -0.2) is 0 Å². The van der Waals surface area contributed by atoms with Gasteiger partial charge in [-0.3, -0.25) is 14.6 Å². The number of esters is 1. The van der Waals surface area contributed by atoms with Gasteiger partial charge >= 0.3 is 5.97 Å². The molecule has 116 valence electrons. The fraction of sp³-hybridized carbons (Fsp3) is 0.353. The van der Waals surface area contributed by atoms with Crippen molar-refractivity contribution in [2.45, 2.75) is 19.3 Å². The maximum atomic E-state index is 11.7. The molecule has 0 spiro atoms. The van der Waals surface area contributed by atoms with Crippen molar-refractivity contribution in [1.82, 2.24) is 9.88 Å². The molecule has 1 aromatic heterocycles. The average Bonchev–Trinajstić information content (AvgIpc) is 2.59. The number of hydrogen-bond acceptors (Lipinski definition) is 4. The van der Waals surface area contributed by atoms with Gasteiger partial charge in [-0.1, -0.05) is 18.7 Å². The molecule has 0 saturated heterocycles. The summed E-state index contributed by atoms with van der Waals surface area (Å²) in [5.74, 6) is -0.693. The van der Waals surface area contributed by atoms with Crippen LogP contribution in [0.5, 0.6) is 0 Å². The first-order valence-corrected chi connectivity index (χ1v) is 7.21. The fourth-order valence-electron chi connectivity index (χ4n) is 2.41. The van der Waals surface area contributed by atoms with E-state index in [-0.39, 0.29) is 17.8 Å². The Morgan fingerprint density at radius 1 is 1.45 bits per heavy atom. The van der Waals surface area contributed by atoms with Crippen molar-refractivity contribution in [1.29, 1.82) is 0 Å². The molecule has 0 N–H and O–H groups in total. The smallest absolute Gasteiger partial charge is 0.312 e. The average molecular weight is 300 g/mol. The second kappa shape index (κ2) is 7.02. The minimum atomic E-state index is -0.342. The number of carbonyl (C=O) groups excluding carboxylic acids is 2.